The van der Waals surface area contributed by atoms with Crippen molar-refractivity contribution in [3.63, 3.8) is 0 Å². The Balaban J connectivity index is 2.60. The lowest BCUT2D eigenvalue weighted by molar-refractivity contribution is -0.121. The molecule has 1 unspecified atom stereocenters. The normalized spacial score (nSPS) is 20.5. The predicted molar refractivity (Wildman–Crippen MR) is 69.7 cm³/mol. The summed E-state index contributed by atoms with van der Waals surface area (Å²) in [6.45, 7) is 5.47. The van der Waals surface area contributed by atoms with Gasteiger partial charge in [-0.15, -0.1) is 0 Å². The minimum atomic E-state index is -3.26. The molecule has 1 fully saturated rings. The van der Waals surface area contributed by atoms with E-state index >= 15 is 0 Å². The van der Waals surface area contributed by atoms with Crippen LogP contribution in [0.5, 0.6) is 0 Å². The van der Waals surface area contributed by atoms with Crippen molar-refractivity contribution in [1.29, 1.82) is 0 Å². The number of hydrogen-bond acceptors (Lipinski definition) is 3. The number of hydrogen-bond donors (Lipinski definition) is 0. The van der Waals surface area contributed by atoms with Gasteiger partial charge in [-0.3, -0.25) is 4.79 Å². The molecule has 0 bridgehead atoms. The molecule has 0 N–H and O–H groups in total. The van der Waals surface area contributed by atoms with Crippen molar-refractivity contribution in [2.75, 3.05) is 5.75 Å². The average Bonchev–Trinajstić information content (AvgIpc) is 2.28. The topological polar surface area (TPSA) is 51.2 Å². The smallest absolute Gasteiger partial charge is 0.160 e. The zero-order valence-corrected chi connectivity index (χ0v) is 11.9. The fourth-order valence-corrected chi connectivity index (χ4v) is 4.01. The van der Waals surface area contributed by atoms with Gasteiger partial charge in [0, 0.05) is 5.92 Å². The molecule has 0 spiro atoms. The van der Waals surface area contributed by atoms with Gasteiger partial charge in [-0.1, -0.05) is 33.1 Å². The van der Waals surface area contributed by atoms with Crippen molar-refractivity contribution < 1.29 is 13.2 Å². The van der Waals surface area contributed by atoms with Gasteiger partial charge >= 0.3 is 0 Å². The van der Waals surface area contributed by atoms with Crippen molar-refractivity contribution in [1.82, 2.24) is 0 Å². The summed E-state index contributed by atoms with van der Waals surface area (Å²) in [5, 5.41) is -0.421. The van der Waals surface area contributed by atoms with E-state index in [-0.39, 0.29) is 23.4 Å². The molecule has 3 nitrogen and oxygen atoms in total. The molecule has 0 amide bonds. The van der Waals surface area contributed by atoms with E-state index in [1.807, 2.05) is 13.8 Å². The third-order valence-electron chi connectivity index (χ3n) is 3.91. The zero-order chi connectivity index (χ0) is 13.1. The molecule has 100 valence electrons. The first-order valence-corrected chi connectivity index (χ1v) is 8.30. The Kier molecular flexibility index (Phi) is 5.17. The van der Waals surface area contributed by atoms with Crippen LogP contribution < -0.4 is 0 Å². The van der Waals surface area contributed by atoms with Crippen LogP contribution in [0.4, 0.5) is 0 Å². The highest BCUT2D eigenvalue weighted by Gasteiger charge is 2.30. The summed E-state index contributed by atoms with van der Waals surface area (Å²) in [6.07, 6.45) is 5.07. The Morgan fingerprint density at radius 3 is 2.12 bits per heavy atom. The van der Waals surface area contributed by atoms with Crippen LogP contribution in [-0.2, 0) is 14.6 Å². The van der Waals surface area contributed by atoms with Crippen LogP contribution in [0, 0.1) is 11.8 Å². The Bertz CT molecular complexity index is 351. The van der Waals surface area contributed by atoms with Crippen molar-refractivity contribution in [3.05, 3.63) is 0 Å². The predicted octanol–water partition coefficient (Wildman–Crippen LogP) is 2.60. The Hall–Kier alpha value is -0.380. The average molecular weight is 260 g/mol. The van der Waals surface area contributed by atoms with Crippen molar-refractivity contribution in [2.45, 2.75) is 58.1 Å². The van der Waals surface area contributed by atoms with Crippen LogP contribution in [0.1, 0.15) is 52.9 Å². The van der Waals surface area contributed by atoms with Crippen LogP contribution in [0.3, 0.4) is 0 Å². The lowest BCUT2D eigenvalue weighted by Gasteiger charge is -2.22. The minimum Gasteiger partial charge on any atom is -0.298 e. The molecule has 1 aliphatic carbocycles. The summed E-state index contributed by atoms with van der Waals surface area (Å²) in [7, 11) is -3.26. The molecular formula is C13H24O3S. The van der Waals surface area contributed by atoms with Gasteiger partial charge in [0.15, 0.2) is 15.6 Å². The second-order valence-electron chi connectivity index (χ2n) is 5.56. The summed E-state index contributed by atoms with van der Waals surface area (Å²) in [4.78, 5) is 12.0. The SMILES string of the molecule is CC(C)C(C)S(=O)(=O)CC(=O)C1CCCCC1. The van der Waals surface area contributed by atoms with Crippen molar-refractivity contribution in [2.24, 2.45) is 11.8 Å². The van der Waals surface area contributed by atoms with E-state index in [1.165, 1.54) is 6.42 Å². The fraction of sp³-hybridized carbons (Fsp3) is 0.923. The van der Waals surface area contributed by atoms with Gasteiger partial charge in [0.25, 0.3) is 0 Å². The molecule has 0 heterocycles. The van der Waals surface area contributed by atoms with Crippen molar-refractivity contribution in [3.8, 4) is 0 Å². The second-order valence-corrected chi connectivity index (χ2v) is 7.92. The standard InChI is InChI=1S/C13H24O3S/c1-10(2)11(3)17(15,16)9-13(14)12-7-5-4-6-8-12/h10-12H,4-9H2,1-3H3. The lowest BCUT2D eigenvalue weighted by atomic mass is 9.87. The first kappa shape index (κ1) is 14.7. The molecule has 0 saturated heterocycles. The van der Waals surface area contributed by atoms with Gasteiger partial charge in [-0.25, -0.2) is 8.42 Å². The lowest BCUT2D eigenvalue weighted by Crippen LogP contribution is -2.32. The van der Waals surface area contributed by atoms with Crippen LogP contribution in [-0.4, -0.2) is 25.2 Å². The van der Waals surface area contributed by atoms with E-state index in [4.69, 9.17) is 0 Å². The van der Waals surface area contributed by atoms with Crippen LogP contribution in [0.25, 0.3) is 0 Å². The second kappa shape index (κ2) is 5.98. The molecule has 0 aromatic heterocycles. The molecule has 1 saturated carbocycles. The molecule has 4 heteroatoms. The van der Waals surface area contributed by atoms with Gasteiger partial charge in [-0.2, -0.15) is 0 Å². The first-order chi connectivity index (χ1) is 7.84. The maximum Gasteiger partial charge on any atom is 0.160 e. The number of carbonyl (C=O) groups excluding carboxylic acids is 1. The minimum absolute atomic E-state index is 0.00196. The summed E-state index contributed by atoms with van der Waals surface area (Å²) < 4.78 is 24.0. The maximum atomic E-state index is 12.0. The number of carbonyl (C=O) groups is 1. The molecule has 17 heavy (non-hydrogen) atoms. The Morgan fingerprint density at radius 2 is 1.65 bits per heavy atom. The third-order valence-corrected chi connectivity index (χ3v) is 6.27. The molecule has 1 atom stereocenters. The molecular weight excluding hydrogens is 236 g/mol. The number of ketones is 1. The van der Waals surface area contributed by atoms with Crippen molar-refractivity contribution >= 4 is 15.6 Å². The van der Waals surface area contributed by atoms with Gasteiger partial charge in [0.1, 0.15) is 5.75 Å². The monoisotopic (exact) mass is 260 g/mol. The molecule has 1 aliphatic rings. The largest absolute Gasteiger partial charge is 0.298 e. The van der Waals surface area contributed by atoms with E-state index in [0.717, 1.165) is 25.7 Å². The quantitative estimate of drug-likeness (QED) is 0.763. The number of sulfone groups is 1. The highest BCUT2D eigenvalue weighted by Crippen LogP contribution is 2.25. The highest BCUT2D eigenvalue weighted by atomic mass is 32.2. The van der Waals surface area contributed by atoms with E-state index in [2.05, 4.69) is 0 Å². The molecule has 0 aliphatic heterocycles. The molecule has 1 rings (SSSR count). The molecule has 0 aromatic carbocycles. The van der Waals surface area contributed by atoms with Gasteiger partial charge < -0.3 is 0 Å². The van der Waals surface area contributed by atoms with E-state index in [1.54, 1.807) is 6.92 Å². The first-order valence-electron chi connectivity index (χ1n) is 6.59. The van der Waals surface area contributed by atoms with E-state index in [0.29, 0.717) is 0 Å². The number of rotatable bonds is 5. The van der Waals surface area contributed by atoms with Crippen LogP contribution in [0.15, 0.2) is 0 Å². The van der Waals surface area contributed by atoms with Gasteiger partial charge in [0.2, 0.25) is 0 Å². The van der Waals surface area contributed by atoms with E-state index < -0.39 is 15.1 Å². The maximum absolute atomic E-state index is 12.0. The summed E-state index contributed by atoms with van der Waals surface area (Å²) in [5.74, 6) is -0.244. The summed E-state index contributed by atoms with van der Waals surface area (Å²) >= 11 is 0. The van der Waals surface area contributed by atoms with Crippen LogP contribution in [0.2, 0.25) is 0 Å². The van der Waals surface area contributed by atoms with Gasteiger partial charge in [0.05, 0.1) is 5.25 Å². The summed E-state index contributed by atoms with van der Waals surface area (Å²) in [6, 6.07) is 0. The number of Topliss-reactive ketones (excluding diaryl/α,β-unsaturated/α-hetero) is 1. The molecule has 0 radical (unpaired) electrons. The Morgan fingerprint density at radius 1 is 1.12 bits per heavy atom. The molecule has 0 aromatic rings. The Labute approximate surface area is 105 Å². The fourth-order valence-electron chi connectivity index (χ4n) is 2.29. The highest BCUT2D eigenvalue weighted by molar-refractivity contribution is 7.92. The van der Waals surface area contributed by atoms with E-state index in [9.17, 15) is 13.2 Å². The summed E-state index contributed by atoms with van der Waals surface area (Å²) in [5.41, 5.74) is 0. The zero-order valence-electron chi connectivity index (χ0n) is 11.1. The third kappa shape index (κ3) is 4.09. The van der Waals surface area contributed by atoms with Crippen LogP contribution >= 0.6 is 0 Å². The van der Waals surface area contributed by atoms with Gasteiger partial charge in [-0.05, 0) is 25.7 Å².